The number of hydrogen-bond donors (Lipinski definition) is 1. The van der Waals surface area contributed by atoms with E-state index in [1.807, 2.05) is 25.1 Å². The van der Waals surface area contributed by atoms with Gasteiger partial charge in [0.1, 0.15) is 0 Å². The largest absolute Gasteiger partial charge is 0.326 e. The van der Waals surface area contributed by atoms with Gasteiger partial charge in [-0.15, -0.1) is 0 Å². The molecule has 0 heterocycles. The minimum absolute atomic E-state index is 0.0254. The Kier molecular flexibility index (Phi) is 5.40. The van der Waals surface area contributed by atoms with E-state index in [4.69, 9.17) is 17.3 Å². The average Bonchev–Trinajstić information content (AvgIpc) is 2.41. The first-order valence-corrected chi connectivity index (χ1v) is 7.62. The molecular formula is C18H23ClN2. The van der Waals surface area contributed by atoms with Crippen LogP contribution in [0.4, 0.5) is 0 Å². The molecule has 2 atom stereocenters. The molecule has 0 radical (unpaired) electrons. The third-order valence-electron chi connectivity index (χ3n) is 3.84. The molecule has 2 unspecified atom stereocenters. The van der Waals surface area contributed by atoms with Gasteiger partial charge < -0.3 is 5.73 Å². The summed E-state index contributed by atoms with van der Waals surface area (Å²) in [6.45, 7) is 5.05. The van der Waals surface area contributed by atoms with Gasteiger partial charge in [0.15, 0.2) is 0 Å². The second-order valence-corrected chi connectivity index (χ2v) is 6.14. The van der Waals surface area contributed by atoms with Gasteiger partial charge >= 0.3 is 0 Å². The predicted molar refractivity (Wildman–Crippen MR) is 90.5 cm³/mol. The highest BCUT2D eigenvalue weighted by molar-refractivity contribution is 6.30. The van der Waals surface area contributed by atoms with Gasteiger partial charge in [-0.05, 0) is 49.7 Å². The number of rotatable bonds is 5. The summed E-state index contributed by atoms with van der Waals surface area (Å²) in [4.78, 5) is 2.29. The van der Waals surface area contributed by atoms with E-state index in [0.29, 0.717) is 0 Å². The minimum atomic E-state index is 0.0254. The Morgan fingerprint density at radius 2 is 1.86 bits per heavy atom. The topological polar surface area (TPSA) is 29.3 Å². The molecule has 2 aromatic rings. The Balaban J connectivity index is 2.24. The predicted octanol–water partition coefficient (Wildman–Crippen LogP) is 4.17. The Hall–Kier alpha value is -1.35. The molecular weight excluding hydrogens is 280 g/mol. The first-order valence-electron chi connectivity index (χ1n) is 7.25. The summed E-state index contributed by atoms with van der Waals surface area (Å²) in [6.07, 6.45) is 0. The van der Waals surface area contributed by atoms with Gasteiger partial charge in [0.2, 0.25) is 0 Å². The summed E-state index contributed by atoms with van der Waals surface area (Å²) in [5.41, 5.74) is 10.0. The average molecular weight is 303 g/mol. The monoisotopic (exact) mass is 302 g/mol. The third-order valence-corrected chi connectivity index (χ3v) is 4.08. The summed E-state index contributed by atoms with van der Waals surface area (Å²) in [6, 6.07) is 16.6. The van der Waals surface area contributed by atoms with Crippen molar-refractivity contribution in [3.05, 3.63) is 70.2 Å². The lowest BCUT2D eigenvalue weighted by atomic mass is 9.98. The lowest BCUT2D eigenvalue weighted by Gasteiger charge is -2.32. The van der Waals surface area contributed by atoms with Crippen LogP contribution < -0.4 is 5.73 Å². The van der Waals surface area contributed by atoms with Crippen molar-refractivity contribution in [3.63, 3.8) is 0 Å². The highest BCUT2D eigenvalue weighted by Crippen LogP contribution is 2.26. The zero-order valence-electron chi connectivity index (χ0n) is 12.9. The van der Waals surface area contributed by atoms with Gasteiger partial charge in [-0.2, -0.15) is 0 Å². The second-order valence-electron chi connectivity index (χ2n) is 5.70. The van der Waals surface area contributed by atoms with E-state index in [2.05, 4.69) is 49.2 Å². The molecule has 0 aliphatic heterocycles. The zero-order chi connectivity index (χ0) is 15.4. The Morgan fingerprint density at radius 1 is 1.14 bits per heavy atom. The normalized spacial score (nSPS) is 14.2. The number of nitrogens with two attached hydrogens (primary N) is 1. The van der Waals surface area contributed by atoms with Crippen LogP contribution >= 0.6 is 11.6 Å². The minimum Gasteiger partial charge on any atom is -0.326 e. The standard InChI is InChI=1S/C18H23ClN2/c1-13-7-4-5-8-16(13)12-21(3)18(14(2)20)15-9-6-10-17(19)11-15/h4-11,14,18H,12,20H2,1-3H3. The molecule has 0 amide bonds. The van der Waals surface area contributed by atoms with Crippen molar-refractivity contribution in [1.82, 2.24) is 4.90 Å². The lowest BCUT2D eigenvalue weighted by molar-refractivity contribution is 0.210. The van der Waals surface area contributed by atoms with Crippen LogP contribution in [0.2, 0.25) is 5.02 Å². The summed E-state index contributed by atoms with van der Waals surface area (Å²) in [5.74, 6) is 0. The first kappa shape index (κ1) is 16.0. The van der Waals surface area contributed by atoms with Crippen molar-refractivity contribution in [2.45, 2.75) is 32.5 Å². The van der Waals surface area contributed by atoms with Crippen LogP contribution in [-0.2, 0) is 6.54 Å². The molecule has 2 N–H and O–H groups in total. The van der Waals surface area contributed by atoms with Gasteiger partial charge in [-0.25, -0.2) is 0 Å². The summed E-state index contributed by atoms with van der Waals surface area (Å²) in [5, 5.41) is 0.752. The smallest absolute Gasteiger partial charge is 0.0497 e. The molecule has 0 aliphatic rings. The fourth-order valence-corrected chi connectivity index (χ4v) is 3.00. The van der Waals surface area contributed by atoms with Crippen LogP contribution in [0.3, 0.4) is 0 Å². The van der Waals surface area contributed by atoms with Crippen molar-refractivity contribution in [2.75, 3.05) is 7.05 Å². The van der Waals surface area contributed by atoms with Gasteiger partial charge in [-0.1, -0.05) is 48.0 Å². The highest BCUT2D eigenvalue weighted by atomic mass is 35.5. The molecule has 0 aliphatic carbocycles. The van der Waals surface area contributed by atoms with Gasteiger partial charge in [0.05, 0.1) is 0 Å². The fraction of sp³-hybridized carbons (Fsp3) is 0.333. The van der Waals surface area contributed by atoms with E-state index in [1.165, 1.54) is 11.1 Å². The summed E-state index contributed by atoms with van der Waals surface area (Å²) < 4.78 is 0. The first-order chi connectivity index (χ1) is 9.99. The number of hydrogen-bond acceptors (Lipinski definition) is 2. The molecule has 0 aromatic heterocycles. The van der Waals surface area contributed by atoms with Gasteiger partial charge in [0, 0.05) is 23.7 Å². The summed E-state index contributed by atoms with van der Waals surface area (Å²) >= 11 is 6.12. The maximum atomic E-state index is 6.23. The number of benzene rings is 2. The van der Waals surface area contributed by atoms with Crippen molar-refractivity contribution >= 4 is 11.6 Å². The van der Waals surface area contributed by atoms with Crippen LogP contribution in [-0.4, -0.2) is 18.0 Å². The van der Waals surface area contributed by atoms with Crippen LogP contribution in [0.25, 0.3) is 0 Å². The van der Waals surface area contributed by atoms with E-state index in [0.717, 1.165) is 17.1 Å². The van der Waals surface area contributed by atoms with Crippen molar-refractivity contribution < 1.29 is 0 Å². The molecule has 21 heavy (non-hydrogen) atoms. The molecule has 2 rings (SSSR count). The van der Waals surface area contributed by atoms with E-state index in [9.17, 15) is 0 Å². The SMILES string of the molecule is Cc1ccccc1CN(C)C(c1cccc(Cl)c1)C(C)N. The Labute approximate surface area is 132 Å². The molecule has 112 valence electrons. The number of nitrogens with zero attached hydrogens (tertiary/aromatic N) is 1. The van der Waals surface area contributed by atoms with Crippen LogP contribution in [0, 0.1) is 6.92 Å². The molecule has 3 heteroatoms. The van der Waals surface area contributed by atoms with E-state index in [1.54, 1.807) is 0 Å². The van der Waals surface area contributed by atoms with Crippen LogP contribution in [0.1, 0.15) is 29.7 Å². The molecule has 2 nitrogen and oxygen atoms in total. The molecule has 2 aromatic carbocycles. The summed E-state index contributed by atoms with van der Waals surface area (Å²) in [7, 11) is 2.11. The Morgan fingerprint density at radius 3 is 2.48 bits per heavy atom. The van der Waals surface area contributed by atoms with E-state index in [-0.39, 0.29) is 12.1 Å². The highest BCUT2D eigenvalue weighted by Gasteiger charge is 2.21. The van der Waals surface area contributed by atoms with Crippen molar-refractivity contribution in [3.8, 4) is 0 Å². The fourth-order valence-electron chi connectivity index (χ4n) is 2.80. The van der Waals surface area contributed by atoms with Crippen molar-refractivity contribution in [2.24, 2.45) is 5.73 Å². The molecule has 0 bridgehead atoms. The van der Waals surface area contributed by atoms with Gasteiger partial charge in [0.25, 0.3) is 0 Å². The number of halogens is 1. The molecule has 0 spiro atoms. The lowest BCUT2D eigenvalue weighted by Crippen LogP contribution is -2.37. The zero-order valence-corrected chi connectivity index (χ0v) is 13.6. The van der Waals surface area contributed by atoms with Gasteiger partial charge in [-0.3, -0.25) is 4.90 Å². The maximum Gasteiger partial charge on any atom is 0.0497 e. The maximum absolute atomic E-state index is 6.23. The molecule has 0 saturated heterocycles. The Bertz CT molecular complexity index is 595. The molecule has 0 saturated carbocycles. The second kappa shape index (κ2) is 7.08. The molecule has 0 fully saturated rings. The van der Waals surface area contributed by atoms with E-state index >= 15 is 0 Å². The van der Waals surface area contributed by atoms with Crippen molar-refractivity contribution in [1.29, 1.82) is 0 Å². The number of aryl methyl sites for hydroxylation is 1. The van der Waals surface area contributed by atoms with E-state index < -0.39 is 0 Å². The van der Waals surface area contributed by atoms with Crippen LogP contribution in [0.5, 0.6) is 0 Å². The quantitative estimate of drug-likeness (QED) is 0.898. The van der Waals surface area contributed by atoms with Crippen LogP contribution in [0.15, 0.2) is 48.5 Å². The third kappa shape index (κ3) is 4.07. The number of likely N-dealkylation sites (N-methyl/N-ethyl adjacent to an activating group) is 1.